The van der Waals surface area contributed by atoms with Crippen LogP contribution in [0.3, 0.4) is 0 Å². The summed E-state index contributed by atoms with van der Waals surface area (Å²) in [6.45, 7) is 11.8. The van der Waals surface area contributed by atoms with Crippen molar-refractivity contribution < 1.29 is 14.1 Å². The number of amides is 1. The molecule has 26 heavy (non-hydrogen) atoms. The molecule has 3 N–H and O–H groups in total. The van der Waals surface area contributed by atoms with Crippen LogP contribution in [0.2, 0.25) is 0 Å². The highest BCUT2D eigenvalue weighted by molar-refractivity contribution is 14.0. The van der Waals surface area contributed by atoms with E-state index in [9.17, 15) is 4.79 Å². The summed E-state index contributed by atoms with van der Waals surface area (Å²) in [6.07, 6.45) is 0.945. The second kappa shape index (κ2) is 12.7. The van der Waals surface area contributed by atoms with Gasteiger partial charge in [-0.1, -0.05) is 5.16 Å². The van der Waals surface area contributed by atoms with E-state index in [1.165, 1.54) is 0 Å². The van der Waals surface area contributed by atoms with Crippen LogP contribution in [-0.2, 0) is 11.2 Å². The molecule has 0 aliphatic heterocycles. The number of ether oxygens (including phenoxy) is 1. The molecular formula is C16H31IN6O3. The topological polar surface area (TPSA) is 114 Å². The Morgan fingerprint density at radius 2 is 1.96 bits per heavy atom. The standard InChI is InChI=1S/C16H30N6O3.HI/c1-6-17-14(19-11-8-13-21-12(2)22-25-13)18-9-7-10-20-15(23)24-16(3,4)5;/h6-11H2,1-5H3,(H,20,23)(H2,17,18,19);1H. The van der Waals surface area contributed by atoms with Gasteiger partial charge in [-0.3, -0.25) is 4.99 Å². The molecule has 0 saturated carbocycles. The number of hydrogen-bond acceptors (Lipinski definition) is 6. The van der Waals surface area contributed by atoms with Crippen LogP contribution in [0.5, 0.6) is 0 Å². The lowest BCUT2D eigenvalue weighted by Gasteiger charge is -2.19. The maximum atomic E-state index is 11.5. The smallest absolute Gasteiger partial charge is 0.407 e. The van der Waals surface area contributed by atoms with E-state index >= 15 is 0 Å². The number of rotatable bonds is 8. The van der Waals surface area contributed by atoms with Crippen molar-refractivity contribution in [3.05, 3.63) is 11.7 Å². The quantitative estimate of drug-likeness (QED) is 0.225. The maximum absolute atomic E-state index is 11.5. The molecule has 150 valence electrons. The Morgan fingerprint density at radius 3 is 2.54 bits per heavy atom. The summed E-state index contributed by atoms with van der Waals surface area (Å²) in [6, 6.07) is 0. The van der Waals surface area contributed by atoms with Gasteiger partial charge in [-0.25, -0.2) is 4.79 Å². The van der Waals surface area contributed by atoms with E-state index in [0.717, 1.165) is 18.9 Å². The van der Waals surface area contributed by atoms with E-state index in [1.54, 1.807) is 6.92 Å². The van der Waals surface area contributed by atoms with Gasteiger partial charge in [0.25, 0.3) is 0 Å². The molecule has 0 unspecified atom stereocenters. The number of aryl methyl sites for hydroxylation is 1. The first kappa shape index (κ1) is 24.4. The lowest BCUT2D eigenvalue weighted by atomic mass is 10.2. The van der Waals surface area contributed by atoms with Gasteiger partial charge >= 0.3 is 6.09 Å². The molecule has 1 amide bonds. The molecule has 0 bridgehead atoms. The molecule has 0 spiro atoms. The Bertz CT molecular complexity index is 556. The number of carbonyl (C=O) groups is 1. The van der Waals surface area contributed by atoms with Crippen molar-refractivity contribution in [2.45, 2.75) is 53.1 Å². The third-order valence-electron chi connectivity index (χ3n) is 2.82. The molecule has 0 aliphatic rings. The van der Waals surface area contributed by atoms with Crippen LogP contribution in [-0.4, -0.2) is 54.0 Å². The second-order valence-corrected chi connectivity index (χ2v) is 6.45. The Hall–Kier alpha value is -1.59. The van der Waals surface area contributed by atoms with Gasteiger partial charge in [-0.15, -0.1) is 24.0 Å². The van der Waals surface area contributed by atoms with Crippen molar-refractivity contribution in [1.29, 1.82) is 0 Å². The highest BCUT2D eigenvalue weighted by Gasteiger charge is 2.15. The molecule has 9 nitrogen and oxygen atoms in total. The molecule has 10 heteroatoms. The molecule has 1 aromatic heterocycles. The van der Waals surface area contributed by atoms with E-state index in [4.69, 9.17) is 9.26 Å². The van der Waals surface area contributed by atoms with Crippen molar-refractivity contribution in [3.63, 3.8) is 0 Å². The van der Waals surface area contributed by atoms with Crippen LogP contribution in [0.1, 0.15) is 45.8 Å². The fraction of sp³-hybridized carbons (Fsp3) is 0.750. The van der Waals surface area contributed by atoms with Gasteiger partial charge < -0.3 is 25.2 Å². The number of guanidine groups is 1. The molecular weight excluding hydrogens is 451 g/mol. The fourth-order valence-corrected chi connectivity index (χ4v) is 1.85. The summed E-state index contributed by atoms with van der Waals surface area (Å²) in [4.78, 5) is 20.1. The van der Waals surface area contributed by atoms with Crippen LogP contribution in [0.4, 0.5) is 4.79 Å². The molecule has 0 aromatic carbocycles. The minimum absolute atomic E-state index is 0. The molecule has 0 saturated heterocycles. The van der Waals surface area contributed by atoms with Crippen LogP contribution in [0, 0.1) is 6.92 Å². The molecule has 0 atom stereocenters. The number of nitrogens with one attached hydrogen (secondary N) is 3. The summed E-state index contributed by atoms with van der Waals surface area (Å²) < 4.78 is 10.2. The normalized spacial score (nSPS) is 11.5. The number of alkyl carbamates (subject to hydrolysis) is 1. The highest BCUT2D eigenvalue weighted by atomic mass is 127. The lowest BCUT2D eigenvalue weighted by molar-refractivity contribution is 0.0527. The molecule has 1 heterocycles. The predicted octanol–water partition coefficient (Wildman–Crippen LogP) is 2.01. The van der Waals surface area contributed by atoms with E-state index in [-0.39, 0.29) is 24.0 Å². The van der Waals surface area contributed by atoms with E-state index in [0.29, 0.717) is 37.8 Å². The first-order valence-corrected chi connectivity index (χ1v) is 8.58. The zero-order valence-electron chi connectivity index (χ0n) is 16.2. The average Bonchev–Trinajstić information content (AvgIpc) is 2.90. The number of halogens is 1. The lowest BCUT2D eigenvalue weighted by Crippen LogP contribution is -2.38. The van der Waals surface area contributed by atoms with Crippen LogP contribution < -0.4 is 16.0 Å². The van der Waals surface area contributed by atoms with Crippen LogP contribution in [0.25, 0.3) is 0 Å². The van der Waals surface area contributed by atoms with E-state index < -0.39 is 11.7 Å². The van der Waals surface area contributed by atoms with Crippen molar-refractivity contribution in [1.82, 2.24) is 26.1 Å². The third kappa shape index (κ3) is 11.9. The van der Waals surface area contributed by atoms with Crippen LogP contribution >= 0.6 is 24.0 Å². The van der Waals surface area contributed by atoms with Crippen molar-refractivity contribution in [2.75, 3.05) is 26.2 Å². The number of hydrogen-bond donors (Lipinski definition) is 3. The Balaban J connectivity index is 0.00000625. The number of aromatic nitrogens is 2. The summed E-state index contributed by atoms with van der Waals surface area (Å²) in [5, 5.41) is 12.8. The van der Waals surface area contributed by atoms with Gasteiger partial charge in [-0.05, 0) is 41.0 Å². The summed E-state index contributed by atoms with van der Waals surface area (Å²) in [5.74, 6) is 1.95. The number of nitrogens with zero attached hydrogens (tertiary/aromatic N) is 3. The molecule has 0 fully saturated rings. The van der Waals surface area contributed by atoms with Gasteiger partial charge in [0.2, 0.25) is 5.89 Å². The summed E-state index contributed by atoms with van der Waals surface area (Å²) in [7, 11) is 0. The van der Waals surface area contributed by atoms with Crippen molar-refractivity contribution in [2.24, 2.45) is 4.99 Å². The van der Waals surface area contributed by atoms with Crippen LogP contribution in [0.15, 0.2) is 9.52 Å². The fourth-order valence-electron chi connectivity index (χ4n) is 1.85. The average molecular weight is 482 g/mol. The Morgan fingerprint density at radius 1 is 1.23 bits per heavy atom. The third-order valence-corrected chi connectivity index (χ3v) is 2.82. The summed E-state index contributed by atoms with van der Waals surface area (Å²) in [5.41, 5.74) is -0.485. The Labute approximate surface area is 172 Å². The minimum Gasteiger partial charge on any atom is -0.444 e. The predicted molar refractivity (Wildman–Crippen MR) is 111 cm³/mol. The maximum Gasteiger partial charge on any atom is 0.407 e. The monoisotopic (exact) mass is 482 g/mol. The molecule has 0 aliphatic carbocycles. The first-order valence-electron chi connectivity index (χ1n) is 8.58. The zero-order chi connectivity index (χ0) is 18.7. The highest BCUT2D eigenvalue weighted by Crippen LogP contribution is 2.06. The number of carbonyl (C=O) groups excluding carboxylic acids is 1. The SMILES string of the molecule is CCNC(=NCCCNC(=O)OC(C)(C)C)NCCc1nc(C)no1.I. The van der Waals surface area contributed by atoms with Gasteiger partial charge in [0, 0.05) is 32.6 Å². The molecule has 0 radical (unpaired) electrons. The van der Waals surface area contributed by atoms with Gasteiger partial charge in [-0.2, -0.15) is 4.98 Å². The van der Waals surface area contributed by atoms with Gasteiger partial charge in [0.1, 0.15) is 5.60 Å². The summed E-state index contributed by atoms with van der Waals surface area (Å²) >= 11 is 0. The van der Waals surface area contributed by atoms with Crippen molar-refractivity contribution >= 4 is 36.0 Å². The minimum atomic E-state index is -0.485. The van der Waals surface area contributed by atoms with Gasteiger partial charge in [0.05, 0.1) is 0 Å². The largest absolute Gasteiger partial charge is 0.444 e. The molecule has 1 aromatic rings. The second-order valence-electron chi connectivity index (χ2n) is 6.45. The molecule has 1 rings (SSSR count). The number of aliphatic imine (C=N–C) groups is 1. The Kier molecular flexibility index (Phi) is 11.9. The van der Waals surface area contributed by atoms with E-state index in [2.05, 4.69) is 31.1 Å². The van der Waals surface area contributed by atoms with Gasteiger partial charge in [0.15, 0.2) is 11.8 Å². The van der Waals surface area contributed by atoms with E-state index in [1.807, 2.05) is 27.7 Å². The first-order chi connectivity index (χ1) is 11.8. The van der Waals surface area contributed by atoms with Crippen molar-refractivity contribution in [3.8, 4) is 0 Å². The zero-order valence-corrected chi connectivity index (χ0v) is 18.5.